The fourth-order valence-electron chi connectivity index (χ4n) is 3.29. The standard InChI is InChI=1S/C20H34FN5.HI/c1-16(2)26-12-9-19(10-13-26)24-20(22-3)23-11-14-25(4)15-17-5-7-18(21)8-6-17;/h5-8,16,19H,9-15H2,1-4H3,(H2,22,23,24);1H. The third-order valence-electron chi connectivity index (χ3n) is 4.98. The van der Waals surface area contributed by atoms with Gasteiger partial charge >= 0.3 is 0 Å². The Bertz CT molecular complexity index is 556. The largest absolute Gasteiger partial charge is 0.355 e. The van der Waals surface area contributed by atoms with E-state index < -0.39 is 0 Å². The lowest BCUT2D eigenvalue weighted by atomic mass is 10.0. The Kier molecular flexibility index (Phi) is 11.2. The molecule has 27 heavy (non-hydrogen) atoms. The van der Waals surface area contributed by atoms with Crippen LogP contribution in [-0.4, -0.2) is 68.1 Å². The first-order valence-corrected chi connectivity index (χ1v) is 9.62. The maximum absolute atomic E-state index is 13.0. The third kappa shape index (κ3) is 8.74. The van der Waals surface area contributed by atoms with Crippen molar-refractivity contribution in [3.63, 3.8) is 0 Å². The predicted octanol–water partition coefficient (Wildman–Crippen LogP) is 2.91. The molecule has 0 spiro atoms. The minimum absolute atomic E-state index is 0. The van der Waals surface area contributed by atoms with Crippen LogP contribution in [-0.2, 0) is 6.54 Å². The van der Waals surface area contributed by atoms with Crippen LogP contribution in [0.15, 0.2) is 29.3 Å². The molecule has 0 bridgehead atoms. The van der Waals surface area contributed by atoms with Gasteiger partial charge in [0, 0.05) is 51.9 Å². The Labute approximate surface area is 180 Å². The van der Waals surface area contributed by atoms with Gasteiger partial charge in [-0.05, 0) is 51.4 Å². The van der Waals surface area contributed by atoms with Gasteiger partial charge in [0.25, 0.3) is 0 Å². The van der Waals surface area contributed by atoms with Crippen molar-refractivity contribution in [3.05, 3.63) is 35.6 Å². The Morgan fingerprint density at radius 1 is 1.26 bits per heavy atom. The Balaban J connectivity index is 0.00000364. The third-order valence-corrected chi connectivity index (χ3v) is 4.98. The van der Waals surface area contributed by atoms with Crippen molar-refractivity contribution in [1.82, 2.24) is 20.4 Å². The van der Waals surface area contributed by atoms with Gasteiger partial charge in [0.1, 0.15) is 5.82 Å². The molecule has 0 saturated carbocycles. The lowest BCUT2D eigenvalue weighted by molar-refractivity contribution is 0.167. The van der Waals surface area contributed by atoms with E-state index in [2.05, 4.69) is 46.3 Å². The monoisotopic (exact) mass is 491 g/mol. The highest BCUT2D eigenvalue weighted by atomic mass is 127. The number of likely N-dealkylation sites (tertiary alicyclic amines) is 1. The van der Waals surface area contributed by atoms with E-state index in [4.69, 9.17) is 0 Å². The summed E-state index contributed by atoms with van der Waals surface area (Å²) in [6.45, 7) is 9.33. The SMILES string of the molecule is CN=C(NCCN(C)Cc1ccc(F)cc1)NC1CCN(C(C)C)CC1.I. The zero-order chi connectivity index (χ0) is 18.9. The molecular weight excluding hydrogens is 456 g/mol. The smallest absolute Gasteiger partial charge is 0.191 e. The average molecular weight is 491 g/mol. The van der Waals surface area contributed by atoms with Crippen molar-refractivity contribution in [2.75, 3.05) is 40.3 Å². The molecule has 1 aliphatic rings. The van der Waals surface area contributed by atoms with Gasteiger partial charge in [-0.15, -0.1) is 24.0 Å². The molecule has 5 nitrogen and oxygen atoms in total. The van der Waals surface area contributed by atoms with Crippen molar-refractivity contribution >= 4 is 29.9 Å². The van der Waals surface area contributed by atoms with Crippen LogP contribution in [0.2, 0.25) is 0 Å². The number of aliphatic imine (C=N–C) groups is 1. The zero-order valence-corrected chi connectivity index (χ0v) is 19.4. The molecule has 0 amide bonds. The number of piperidine rings is 1. The van der Waals surface area contributed by atoms with Gasteiger partial charge in [-0.3, -0.25) is 4.99 Å². The van der Waals surface area contributed by atoms with Crippen molar-refractivity contribution < 1.29 is 4.39 Å². The highest BCUT2D eigenvalue weighted by Gasteiger charge is 2.21. The zero-order valence-electron chi connectivity index (χ0n) is 17.0. The van der Waals surface area contributed by atoms with Crippen LogP contribution < -0.4 is 10.6 Å². The molecule has 0 aliphatic carbocycles. The maximum Gasteiger partial charge on any atom is 0.191 e. The van der Waals surface area contributed by atoms with E-state index in [0.717, 1.165) is 57.1 Å². The molecule has 1 aliphatic heterocycles. The maximum atomic E-state index is 13.0. The summed E-state index contributed by atoms with van der Waals surface area (Å²) in [5, 5.41) is 6.95. The highest BCUT2D eigenvalue weighted by molar-refractivity contribution is 14.0. The van der Waals surface area contributed by atoms with Crippen molar-refractivity contribution in [1.29, 1.82) is 0 Å². The Hall–Kier alpha value is -0.930. The molecule has 0 aromatic heterocycles. The number of guanidine groups is 1. The second kappa shape index (κ2) is 12.5. The van der Waals surface area contributed by atoms with Gasteiger partial charge in [-0.25, -0.2) is 4.39 Å². The summed E-state index contributed by atoms with van der Waals surface area (Å²) in [5.74, 6) is 0.690. The van der Waals surface area contributed by atoms with E-state index in [1.807, 2.05) is 19.2 Å². The molecule has 0 radical (unpaired) electrons. The molecule has 2 rings (SSSR count). The summed E-state index contributed by atoms with van der Waals surface area (Å²) in [5.41, 5.74) is 1.12. The summed E-state index contributed by atoms with van der Waals surface area (Å²) in [4.78, 5) is 9.09. The molecule has 1 fully saturated rings. The molecule has 1 saturated heterocycles. The molecule has 0 atom stereocenters. The van der Waals surface area contributed by atoms with Crippen molar-refractivity contribution in [3.8, 4) is 0 Å². The molecule has 154 valence electrons. The van der Waals surface area contributed by atoms with Gasteiger partial charge in [-0.1, -0.05) is 12.1 Å². The highest BCUT2D eigenvalue weighted by Crippen LogP contribution is 2.12. The number of nitrogens with one attached hydrogen (secondary N) is 2. The first-order valence-electron chi connectivity index (χ1n) is 9.62. The van der Waals surface area contributed by atoms with E-state index in [1.54, 1.807) is 0 Å². The van der Waals surface area contributed by atoms with Crippen LogP contribution in [0.25, 0.3) is 0 Å². The normalized spacial score (nSPS) is 16.5. The fourth-order valence-corrected chi connectivity index (χ4v) is 3.29. The number of hydrogen-bond acceptors (Lipinski definition) is 3. The summed E-state index contributed by atoms with van der Waals surface area (Å²) >= 11 is 0. The summed E-state index contributed by atoms with van der Waals surface area (Å²) in [6.07, 6.45) is 2.31. The Morgan fingerprint density at radius 3 is 2.44 bits per heavy atom. The quantitative estimate of drug-likeness (QED) is 0.350. The van der Waals surface area contributed by atoms with Gasteiger partial charge in [0.15, 0.2) is 5.96 Å². The van der Waals surface area contributed by atoms with Crippen LogP contribution in [0.3, 0.4) is 0 Å². The molecule has 1 heterocycles. The molecule has 1 aromatic carbocycles. The van der Waals surface area contributed by atoms with Crippen molar-refractivity contribution in [2.45, 2.75) is 45.3 Å². The van der Waals surface area contributed by atoms with Gasteiger partial charge in [0.2, 0.25) is 0 Å². The summed E-state index contributed by atoms with van der Waals surface area (Å²) in [6, 6.07) is 7.82. The number of rotatable bonds is 7. The number of benzene rings is 1. The molecule has 7 heteroatoms. The average Bonchev–Trinajstić information content (AvgIpc) is 2.63. The van der Waals surface area contributed by atoms with Gasteiger partial charge in [0.05, 0.1) is 0 Å². The van der Waals surface area contributed by atoms with E-state index in [9.17, 15) is 4.39 Å². The van der Waals surface area contributed by atoms with Crippen LogP contribution in [0.4, 0.5) is 4.39 Å². The number of nitrogens with zero attached hydrogens (tertiary/aromatic N) is 3. The minimum atomic E-state index is -0.188. The topological polar surface area (TPSA) is 42.9 Å². The lowest BCUT2D eigenvalue weighted by Crippen LogP contribution is -2.50. The lowest BCUT2D eigenvalue weighted by Gasteiger charge is -2.35. The molecule has 2 N–H and O–H groups in total. The van der Waals surface area contributed by atoms with E-state index >= 15 is 0 Å². The second-order valence-corrected chi connectivity index (χ2v) is 7.41. The molecule has 1 aromatic rings. The van der Waals surface area contributed by atoms with Crippen LogP contribution in [0.1, 0.15) is 32.3 Å². The van der Waals surface area contributed by atoms with Crippen LogP contribution in [0.5, 0.6) is 0 Å². The number of hydrogen-bond donors (Lipinski definition) is 2. The molecular formula is C20H35FIN5. The molecule has 0 unspecified atom stereocenters. The second-order valence-electron chi connectivity index (χ2n) is 7.41. The summed E-state index contributed by atoms with van der Waals surface area (Å²) < 4.78 is 13.0. The summed E-state index contributed by atoms with van der Waals surface area (Å²) in [7, 11) is 3.89. The number of halogens is 2. The van der Waals surface area contributed by atoms with E-state index in [0.29, 0.717) is 12.1 Å². The van der Waals surface area contributed by atoms with Crippen LogP contribution >= 0.6 is 24.0 Å². The Morgan fingerprint density at radius 2 is 1.89 bits per heavy atom. The van der Waals surface area contributed by atoms with Gasteiger partial charge < -0.3 is 20.4 Å². The minimum Gasteiger partial charge on any atom is -0.355 e. The van der Waals surface area contributed by atoms with Gasteiger partial charge in [-0.2, -0.15) is 0 Å². The fraction of sp³-hybridized carbons (Fsp3) is 0.650. The van der Waals surface area contributed by atoms with E-state index in [-0.39, 0.29) is 29.8 Å². The first kappa shape index (κ1) is 24.1. The predicted molar refractivity (Wildman–Crippen MR) is 122 cm³/mol. The van der Waals surface area contributed by atoms with E-state index in [1.165, 1.54) is 12.1 Å². The first-order chi connectivity index (χ1) is 12.5. The van der Waals surface area contributed by atoms with Crippen molar-refractivity contribution in [2.24, 2.45) is 4.99 Å². The van der Waals surface area contributed by atoms with Crippen LogP contribution in [0, 0.1) is 5.82 Å². The number of likely N-dealkylation sites (N-methyl/N-ethyl adjacent to an activating group) is 1.